The molecule has 19 heavy (non-hydrogen) atoms. The molecule has 0 radical (unpaired) electrons. The van der Waals surface area contributed by atoms with Gasteiger partial charge in [0, 0.05) is 13.2 Å². The van der Waals surface area contributed by atoms with Crippen LogP contribution in [0, 0.1) is 12.3 Å². The lowest BCUT2D eigenvalue weighted by molar-refractivity contribution is 0.247. The van der Waals surface area contributed by atoms with Crippen molar-refractivity contribution in [2.75, 3.05) is 18.5 Å². The second kappa shape index (κ2) is 5.57. The van der Waals surface area contributed by atoms with Crippen LogP contribution in [0.4, 0.5) is 5.82 Å². The number of aromatic nitrogens is 3. The minimum Gasteiger partial charge on any atom is -0.396 e. The van der Waals surface area contributed by atoms with E-state index in [2.05, 4.69) is 42.2 Å². The summed E-state index contributed by atoms with van der Waals surface area (Å²) in [5.41, 5.74) is 2.16. The number of hydrogen-bond donors (Lipinski definition) is 2. The van der Waals surface area contributed by atoms with Crippen molar-refractivity contribution in [2.45, 2.75) is 33.6 Å². The molecule has 0 aromatic carbocycles. The molecule has 0 unspecified atom stereocenters. The van der Waals surface area contributed by atoms with Crippen LogP contribution in [0.2, 0.25) is 0 Å². The minimum atomic E-state index is 0.138. The monoisotopic (exact) mass is 262 g/mol. The van der Waals surface area contributed by atoms with Crippen LogP contribution < -0.4 is 5.32 Å². The smallest absolute Gasteiger partial charge is 0.157 e. The van der Waals surface area contributed by atoms with Crippen molar-refractivity contribution in [3.8, 4) is 0 Å². The molecule has 0 aliphatic rings. The number of nitrogens with one attached hydrogen (secondary N) is 1. The van der Waals surface area contributed by atoms with E-state index in [0.717, 1.165) is 36.4 Å². The Bertz CT molecular complexity index is 547. The number of hydrogen-bond acceptors (Lipinski definition) is 4. The molecule has 0 fully saturated rings. The van der Waals surface area contributed by atoms with Gasteiger partial charge in [-0.2, -0.15) is 9.61 Å². The van der Waals surface area contributed by atoms with Gasteiger partial charge in [0.05, 0.1) is 0 Å². The van der Waals surface area contributed by atoms with Crippen molar-refractivity contribution in [2.24, 2.45) is 5.41 Å². The molecule has 2 aromatic heterocycles. The van der Waals surface area contributed by atoms with Crippen LogP contribution in [0.5, 0.6) is 0 Å². The molecule has 2 heterocycles. The first kappa shape index (κ1) is 13.8. The van der Waals surface area contributed by atoms with E-state index in [0.29, 0.717) is 0 Å². The number of pyridine rings is 1. The van der Waals surface area contributed by atoms with E-state index in [1.807, 2.05) is 10.6 Å². The molecule has 0 saturated carbocycles. The molecule has 5 nitrogen and oxygen atoms in total. The Morgan fingerprint density at radius 3 is 2.89 bits per heavy atom. The van der Waals surface area contributed by atoms with E-state index in [1.54, 1.807) is 6.33 Å². The van der Waals surface area contributed by atoms with Crippen molar-refractivity contribution < 1.29 is 5.11 Å². The first-order chi connectivity index (χ1) is 9.02. The van der Waals surface area contributed by atoms with Gasteiger partial charge in [0.2, 0.25) is 0 Å². The Hall–Kier alpha value is -1.62. The fraction of sp³-hybridized carbons (Fsp3) is 0.571. The van der Waals surface area contributed by atoms with Crippen LogP contribution in [-0.4, -0.2) is 32.9 Å². The Balaban J connectivity index is 2.11. The van der Waals surface area contributed by atoms with Gasteiger partial charge >= 0.3 is 0 Å². The molecule has 0 aliphatic heterocycles. The molecule has 2 aromatic rings. The second-order valence-electron chi connectivity index (χ2n) is 5.79. The molecular formula is C14H22N4O. The number of aryl methyl sites for hydroxylation is 1. The van der Waals surface area contributed by atoms with Gasteiger partial charge in [-0.1, -0.05) is 13.8 Å². The number of nitrogens with zero attached hydrogens (tertiary/aromatic N) is 3. The lowest BCUT2D eigenvalue weighted by Gasteiger charge is -2.25. The van der Waals surface area contributed by atoms with Crippen LogP contribution >= 0.6 is 0 Å². The third-order valence-corrected chi connectivity index (χ3v) is 3.28. The largest absolute Gasteiger partial charge is 0.396 e. The summed E-state index contributed by atoms with van der Waals surface area (Å²) < 4.78 is 1.81. The topological polar surface area (TPSA) is 62.5 Å². The number of aliphatic hydroxyl groups is 1. The predicted octanol–water partition coefficient (Wildman–Crippen LogP) is 2.25. The fourth-order valence-electron chi connectivity index (χ4n) is 2.16. The first-order valence-electron chi connectivity index (χ1n) is 6.67. The van der Waals surface area contributed by atoms with E-state index in [1.165, 1.54) is 0 Å². The first-order valence-corrected chi connectivity index (χ1v) is 6.67. The number of aliphatic hydroxyl groups excluding tert-OH is 1. The highest BCUT2D eigenvalue weighted by atomic mass is 16.2. The SMILES string of the molecule is Cc1cc(NCC(C)(C)CCCO)n2ncnc2c1. The molecule has 0 bridgehead atoms. The van der Waals surface area contributed by atoms with E-state index < -0.39 is 0 Å². The van der Waals surface area contributed by atoms with E-state index in [9.17, 15) is 0 Å². The summed E-state index contributed by atoms with van der Waals surface area (Å²) in [7, 11) is 0. The summed E-state index contributed by atoms with van der Waals surface area (Å²) in [5.74, 6) is 0.963. The standard InChI is InChI=1S/C14H22N4O/c1-11-7-12(18-13(8-11)16-10-17-18)15-9-14(2,3)5-4-6-19/h7-8,10,15,19H,4-6,9H2,1-3H3. The normalized spacial score (nSPS) is 12.0. The lowest BCUT2D eigenvalue weighted by atomic mass is 9.88. The van der Waals surface area contributed by atoms with Gasteiger partial charge in [0.25, 0.3) is 0 Å². The molecule has 0 atom stereocenters. The van der Waals surface area contributed by atoms with Crippen LogP contribution in [-0.2, 0) is 0 Å². The number of fused-ring (bicyclic) bond motifs is 1. The zero-order valence-electron chi connectivity index (χ0n) is 11.8. The number of rotatable bonds is 6. The van der Waals surface area contributed by atoms with Gasteiger partial charge in [0.1, 0.15) is 12.1 Å². The summed E-state index contributed by atoms with van der Waals surface area (Å²) in [6.07, 6.45) is 3.39. The Labute approximate surface area is 113 Å². The average molecular weight is 262 g/mol. The van der Waals surface area contributed by atoms with Crippen molar-refractivity contribution in [3.05, 3.63) is 24.0 Å². The lowest BCUT2D eigenvalue weighted by Crippen LogP contribution is -2.24. The maximum absolute atomic E-state index is 8.92. The van der Waals surface area contributed by atoms with Gasteiger partial charge in [-0.3, -0.25) is 0 Å². The van der Waals surface area contributed by atoms with E-state index in [-0.39, 0.29) is 12.0 Å². The summed E-state index contributed by atoms with van der Waals surface area (Å²) in [6.45, 7) is 7.54. The summed E-state index contributed by atoms with van der Waals surface area (Å²) in [4.78, 5) is 4.21. The molecule has 0 spiro atoms. The summed E-state index contributed by atoms with van der Waals surface area (Å²) in [5, 5.41) is 16.6. The third kappa shape index (κ3) is 3.44. The molecule has 0 saturated heterocycles. The number of anilines is 1. The predicted molar refractivity (Wildman–Crippen MR) is 76.3 cm³/mol. The highest BCUT2D eigenvalue weighted by Crippen LogP contribution is 2.23. The Morgan fingerprint density at radius 2 is 2.16 bits per heavy atom. The molecule has 0 amide bonds. The van der Waals surface area contributed by atoms with Crippen molar-refractivity contribution in [1.29, 1.82) is 0 Å². The zero-order chi connectivity index (χ0) is 13.9. The van der Waals surface area contributed by atoms with E-state index >= 15 is 0 Å². The quantitative estimate of drug-likeness (QED) is 0.838. The van der Waals surface area contributed by atoms with Gasteiger partial charge in [-0.05, 0) is 42.9 Å². The minimum absolute atomic E-state index is 0.138. The van der Waals surface area contributed by atoms with Gasteiger partial charge in [0.15, 0.2) is 5.65 Å². The molecule has 2 rings (SSSR count). The van der Waals surface area contributed by atoms with Crippen LogP contribution in [0.1, 0.15) is 32.3 Å². The fourth-order valence-corrected chi connectivity index (χ4v) is 2.16. The third-order valence-electron chi connectivity index (χ3n) is 3.28. The molecule has 0 aliphatic carbocycles. The van der Waals surface area contributed by atoms with Crippen LogP contribution in [0.15, 0.2) is 18.5 Å². The Kier molecular flexibility index (Phi) is 4.04. The van der Waals surface area contributed by atoms with Crippen LogP contribution in [0.3, 0.4) is 0 Å². The summed E-state index contributed by atoms with van der Waals surface area (Å²) >= 11 is 0. The molecule has 2 N–H and O–H groups in total. The van der Waals surface area contributed by atoms with E-state index in [4.69, 9.17) is 5.11 Å². The van der Waals surface area contributed by atoms with Gasteiger partial charge in [-0.15, -0.1) is 0 Å². The summed E-state index contributed by atoms with van der Waals surface area (Å²) in [6, 6.07) is 4.08. The van der Waals surface area contributed by atoms with Crippen molar-refractivity contribution >= 4 is 11.5 Å². The van der Waals surface area contributed by atoms with Gasteiger partial charge in [-0.25, -0.2) is 4.98 Å². The second-order valence-corrected chi connectivity index (χ2v) is 5.79. The maximum atomic E-state index is 8.92. The molecule has 5 heteroatoms. The van der Waals surface area contributed by atoms with Crippen molar-refractivity contribution in [1.82, 2.24) is 14.6 Å². The Morgan fingerprint density at radius 1 is 1.37 bits per heavy atom. The highest BCUT2D eigenvalue weighted by Gasteiger charge is 2.17. The average Bonchev–Trinajstić information content (AvgIpc) is 2.81. The van der Waals surface area contributed by atoms with Crippen LogP contribution in [0.25, 0.3) is 5.65 Å². The maximum Gasteiger partial charge on any atom is 0.157 e. The van der Waals surface area contributed by atoms with Crippen molar-refractivity contribution in [3.63, 3.8) is 0 Å². The molecular weight excluding hydrogens is 240 g/mol. The highest BCUT2D eigenvalue weighted by molar-refractivity contribution is 5.51. The molecule has 104 valence electrons. The van der Waals surface area contributed by atoms with Gasteiger partial charge < -0.3 is 10.4 Å². The zero-order valence-corrected chi connectivity index (χ0v) is 11.8.